The number of rotatable bonds is 6. The molecule has 28 heavy (non-hydrogen) atoms. The van der Waals surface area contributed by atoms with Crippen LogP contribution < -0.4 is 10.6 Å². The number of hydrogen-bond donors (Lipinski definition) is 2. The van der Waals surface area contributed by atoms with E-state index in [-0.39, 0.29) is 11.5 Å². The van der Waals surface area contributed by atoms with E-state index in [1.165, 1.54) is 6.92 Å². The van der Waals surface area contributed by atoms with E-state index in [0.29, 0.717) is 11.4 Å². The van der Waals surface area contributed by atoms with Crippen molar-refractivity contribution in [1.29, 1.82) is 5.26 Å². The van der Waals surface area contributed by atoms with E-state index in [1.54, 1.807) is 24.3 Å². The molecule has 2 rings (SSSR count). The third-order valence-electron chi connectivity index (χ3n) is 4.27. The van der Waals surface area contributed by atoms with Gasteiger partial charge in [-0.15, -0.1) is 0 Å². The molecule has 1 heterocycles. The normalized spacial score (nSPS) is 11.1. The number of anilines is 2. The van der Waals surface area contributed by atoms with Crippen molar-refractivity contribution >= 4 is 45.2 Å². The molecule has 0 unspecified atom stereocenters. The molecule has 146 valence electrons. The highest BCUT2D eigenvalue weighted by atomic mass is 79.9. The molecule has 0 radical (unpaired) electrons. The molecule has 0 aliphatic heterocycles. The number of hydrogen-bond acceptors (Lipinski definition) is 3. The summed E-state index contributed by atoms with van der Waals surface area (Å²) in [6, 6.07) is 9.05. The molecular formula is C21H23BrN4O2. The van der Waals surface area contributed by atoms with Crippen molar-refractivity contribution in [3.05, 3.63) is 51.3 Å². The maximum Gasteiger partial charge on any atom is 0.266 e. The predicted molar refractivity (Wildman–Crippen MR) is 115 cm³/mol. The second-order valence-electron chi connectivity index (χ2n) is 6.47. The Balaban J connectivity index is 2.34. The Morgan fingerprint density at radius 3 is 2.54 bits per heavy atom. The Hall–Kier alpha value is -2.85. The van der Waals surface area contributed by atoms with Gasteiger partial charge >= 0.3 is 0 Å². The quantitative estimate of drug-likeness (QED) is 0.498. The predicted octanol–water partition coefficient (Wildman–Crippen LogP) is 4.78. The summed E-state index contributed by atoms with van der Waals surface area (Å²) in [5.74, 6) is -0.787. The first-order valence-electron chi connectivity index (χ1n) is 8.93. The van der Waals surface area contributed by atoms with Crippen LogP contribution in [0.1, 0.15) is 37.2 Å². The minimum Gasteiger partial charge on any atom is -0.349 e. The second-order valence-corrected chi connectivity index (χ2v) is 7.39. The zero-order valence-corrected chi connectivity index (χ0v) is 18.0. The average Bonchev–Trinajstić information content (AvgIpc) is 2.89. The minimum absolute atomic E-state index is 0.00880. The van der Waals surface area contributed by atoms with Gasteiger partial charge in [-0.2, -0.15) is 5.26 Å². The zero-order chi connectivity index (χ0) is 20.8. The first-order chi connectivity index (χ1) is 13.3. The number of halogens is 1. The molecule has 2 aromatic rings. The Kier molecular flexibility index (Phi) is 7.18. The average molecular weight is 443 g/mol. The van der Waals surface area contributed by atoms with Crippen LogP contribution in [0.2, 0.25) is 0 Å². The number of aryl methyl sites for hydroxylation is 1. The van der Waals surface area contributed by atoms with Gasteiger partial charge in [0.05, 0.1) is 11.4 Å². The summed E-state index contributed by atoms with van der Waals surface area (Å²) in [6.07, 6.45) is 2.60. The van der Waals surface area contributed by atoms with Gasteiger partial charge in [0.15, 0.2) is 0 Å². The Labute approximate surface area is 173 Å². The third-order valence-corrected chi connectivity index (χ3v) is 4.76. The molecule has 2 N–H and O–H groups in total. The monoisotopic (exact) mass is 442 g/mol. The summed E-state index contributed by atoms with van der Waals surface area (Å²) in [5, 5.41) is 14.9. The van der Waals surface area contributed by atoms with Gasteiger partial charge in [-0.25, -0.2) is 0 Å². The molecule has 0 aliphatic rings. The van der Waals surface area contributed by atoms with Gasteiger partial charge in [0.1, 0.15) is 11.6 Å². The summed E-state index contributed by atoms with van der Waals surface area (Å²) >= 11 is 3.35. The maximum atomic E-state index is 12.7. The summed E-state index contributed by atoms with van der Waals surface area (Å²) in [6.45, 7) is 8.36. The lowest BCUT2D eigenvalue weighted by atomic mass is 10.1. The van der Waals surface area contributed by atoms with Crippen LogP contribution in [0.4, 0.5) is 11.4 Å². The van der Waals surface area contributed by atoms with E-state index >= 15 is 0 Å². The fourth-order valence-corrected chi connectivity index (χ4v) is 3.31. The molecule has 2 amide bonds. The molecule has 7 heteroatoms. The van der Waals surface area contributed by atoms with Gasteiger partial charge in [-0.3, -0.25) is 9.59 Å². The number of nitrogens with zero attached hydrogens (tertiary/aromatic N) is 2. The van der Waals surface area contributed by atoms with Crippen LogP contribution in [-0.2, 0) is 16.1 Å². The van der Waals surface area contributed by atoms with Gasteiger partial charge in [0.25, 0.3) is 5.91 Å². The van der Waals surface area contributed by atoms with Crippen LogP contribution in [0.3, 0.4) is 0 Å². The Morgan fingerprint density at radius 2 is 1.93 bits per heavy atom. The molecule has 1 aromatic carbocycles. The van der Waals surface area contributed by atoms with Crippen molar-refractivity contribution in [2.75, 3.05) is 10.6 Å². The van der Waals surface area contributed by atoms with Crippen LogP contribution in [0.15, 0.2) is 34.3 Å². The summed E-state index contributed by atoms with van der Waals surface area (Å²) < 4.78 is 2.91. The standard InChI is InChI=1S/C21H23BrN4O2/c1-5-8-26-13(2)9-16(14(26)3)10-17(12-23)21(28)25-20-11-18(22)6-7-19(20)24-15(4)27/h6-7,9-11H,5,8H2,1-4H3,(H,24,27)(H,25,28)/b17-10+. The number of carbonyl (C=O) groups is 2. The lowest BCUT2D eigenvalue weighted by molar-refractivity contribution is -0.114. The number of nitriles is 1. The van der Waals surface area contributed by atoms with Crippen LogP contribution >= 0.6 is 15.9 Å². The number of carbonyl (C=O) groups excluding carboxylic acids is 2. The van der Waals surface area contributed by atoms with Gasteiger partial charge in [0.2, 0.25) is 5.91 Å². The lowest BCUT2D eigenvalue weighted by Gasteiger charge is -2.12. The third kappa shape index (κ3) is 5.11. The molecule has 0 bridgehead atoms. The van der Waals surface area contributed by atoms with Crippen molar-refractivity contribution in [3.63, 3.8) is 0 Å². The SMILES string of the molecule is CCCn1c(C)cc(/C=C(\C#N)C(=O)Nc2cc(Br)ccc2NC(C)=O)c1C. The number of benzene rings is 1. The molecule has 0 aliphatic carbocycles. The smallest absolute Gasteiger partial charge is 0.266 e. The van der Waals surface area contributed by atoms with E-state index in [9.17, 15) is 14.9 Å². The van der Waals surface area contributed by atoms with Crippen molar-refractivity contribution in [2.45, 2.75) is 40.7 Å². The fraction of sp³-hybridized carbons (Fsp3) is 0.286. The van der Waals surface area contributed by atoms with Crippen LogP contribution in [0.25, 0.3) is 6.08 Å². The molecule has 1 aromatic heterocycles. The van der Waals surface area contributed by atoms with E-state index in [1.807, 2.05) is 26.0 Å². The first kappa shape index (κ1) is 21.5. The topological polar surface area (TPSA) is 86.9 Å². The Bertz CT molecular complexity index is 983. The number of amides is 2. The number of aromatic nitrogens is 1. The van der Waals surface area contributed by atoms with Crippen LogP contribution in [-0.4, -0.2) is 16.4 Å². The highest BCUT2D eigenvalue weighted by molar-refractivity contribution is 9.10. The van der Waals surface area contributed by atoms with E-state index in [0.717, 1.165) is 34.4 Å². The van der Waals surface area contributed by atoms with Gasteiger partial charge < -0.3 is 15.2 Å². The molecule has 0 saturated carbocycles. The maximum absolute atomic E-state index is 12.7. The molecule has 0 fully saturated rings. The lowest BCUT2D eigenvalue weighted by Crippen LogP contribution is -2.16. The van der Waals surface area contributed by atoms with E-state index < -0.39 is 5.91 Å². The van der Waals surface area contributed by atoms with Crippen LogP contribution in [0, 0.1) is 25.2 Å². The Morgan fingerprint density at radius 1 is 1.21 bits per heavy atom. The van der Waals surface area contributed by atoms with Gasteiger partial charge in [-0.1, -0.05) is 22.9 Å². The zero-order valence-electron chi connectivity index (χ0n) is 16.4. The summed E-state index contributed by atoms with van der Waals surface area (Å²) in [5.41, 5.74) is 3.80. The van der Waals surface area contributed by atoms with Crippen LogP contribution in [0.5, 0.6) is 0 Å². The van der Waals surface area contributed by atoms with Gasteiger partial charge in [-0.05, 0) is 56.2 Å². The van der Waals surface area contributed by atoms with Crippen molar-refractivity contribution in [3.8, 4) is 6.07 Å². The van der Waals surface area contributed by atoms with E-state index in [2.05, 4.69) is 38.1 Å². The molecular weight excluding hydrogens is 420 g/mol. The molecule has 0 spiro atoms. The summed E-state index contributed by atoms with van der Waals surface area (Å²) in [7, 11) is 0. The molecule has 6 nitrogen and oxygen atoms in total. The van der Waals surface area contributed by atoms with Gasteiger partial charge in [0, 0.05) is 29.3 Å². The molecule has 0 saturated heterocycles. The van der Waals surface area contributed by atoms with Crippen molar-refractivity contribution in [1.82, 2.24) is 4.57 Å². The van der Waals surface area contributed by atoms with Crippen molar-refractivity contribution < 1.29 is 9.59 Å². The first-order valence-corrected chi connectivity index (χ1v) is 9.73. The summed E-state index contributed by atoms with van der Waals surface area (Å²) in [4.78, 5) is 24.1. The van der Waals surface area contributed by atoms with Crippen molar-refractivity contribution in [2.24, 2.45) is 0 Å². The minimum atomic E-state index is -0.535. The highest BCUT2D eigenvalue weighted by Crippen LogP contribution is 2.27. The number of nitrogens with one attached hydrogen (secondary N) is 2. The fourth-order valence-electron chi connectivity index (χ4n) is 2.95. The highest BCUT2D eigenvalue weighted by Gasteiger charge is 2.15. The largest absolute Gasteiger partial charge is 0.349 e. The van der Waals surface area contributed by atoms with E-state index in [4.69, 9.17) is 0 Å². The second kappa shape index (κ2) is 9.38. The molecule has 0 atom stereocenters.